The predicted octanol–water partition coefficient (Wildman–Crippen LogP) is 1.84. The first-order chi connectivity index (χ1) is 11.5. The van der Waals surface area contributed by atoms with Crippen molar-refractivity contribution in [1.82, 2.24) is 29.5 Å². The van der Waals surface area contributed by atoms with Crippen molar-refractivity contribution >= 4 is 28.5 Å². The van der Waals surface area contributed by atoms with E-state index in [1.165, 1.54) is 10.9 Å². The van der Waals surface area contributed by atoms with Crippen molar-refractivity contribution in [2.75, 3.05) is 5.73 Å². The first kappa shape index (κ1) is 14.5. The third-order valence-corrected chi connectivity index (χ3v) is 3.81. The Morgan fingerprint density at radius 1 is 1.21 bits per heavy atom. The molecule has 0 saturated carbocycles. The lowest BCUT2D eigenvalue weighted by Crippen LogP contribution is -2.15. The van der Waals surface area contributed by atoms with Crippen molar-refractivity contribution < 1.29 is 0 Å². The summed E-state index contributed by atoms with van der Waals surface area (Å²) >= 11 is 5.92. The molecule has 0 spiro atoms. The van der Waals surface area contributed by atoms with Crippen molar-refractivity contribution in [1.29, 1.82) is 0 Å². The minimum Gasteiger partial charge on any atom is -0.383 e. The van der Waals surface area contributed by atoms with E-state index in [-0.39, 0.29) is 11.5 Å². The van der Waals surface area contributed by atoms with Gasteiger partial charge in [-0.3, -0.25) is 9.78 Å². The van der Waals surface area contributed by atoms with Crippen LogP contribution in [0.15, 0.2) is 41.3 Å². The average Bonchev–Trinajstić information content (AvgIpc) is 3.11. The van der Waals surface area contributed by atoms with Gasteiger partial charge in [-0.25, -0.2) is 4.68 Å². The third kappa shape index (κ3) is 2.24. The predicted molar refractivity (Wildman–Crippen MR) is 90.8 cm³/mol. The number of aryl methyl sites for hydroxylation is 1. The molecule has 1 aromatic carbocycles. The molecule has 0 saturated heterocycles. The van der Waals surface area contributed by atoms with Crippen LogP contribution in [-0.2, 0) is 0 Å². The molecule has 3 heterocycles. The Labute approximate surface area is 140 Å². The molecule has 0 fully saturated rings. The van der Waals surface area contributed by atoms with Gasteiger partial charge in [-0.15, -0.1) is 0 Å². The van der Waals surface area contributed by atoms with Gasteiger partial charge in [0.05, 0.1) is 17.6 Å². The molecule has 0 bridgehead atoms. The van der Waals surface area contributed by atoms with Crippen LogP contribution in [0.3, 0.4) is 0 Å². The average molecular weight is 342 g/mol. The van der Waals surface area contributed by atoms with Gasteiger partial charge in [0.2, 0.25) is 5.95 Å². The number of nitrogens with one attached hydrogen (secondary N) is 1. The normalized spacial score (nSPS) is 11.2. The molecule has 0 amide bonds. The number of aromatic amines is 1. The summed E-state index contributed by atoms with van der Waals surface area (Å²) in [6, 6.07) is 8.77. The first-order valence-corrected chi connectivity index (χ1v) is 7.47. The first-order valence-electron chi connectivity index (χ1n) is 7.09. The summed E-state index contributed by atoms with van der Waals surface area (Å²) in [5.41, 5.74) is 7.46. The number of anilines is 1. The molecular formula is C15H12ClN7O. The van der Waals surface area contributed by atoms with Gasteiger partial charge >= 0.3 is 0 Å². The largest absolute Gasteiger partial charge is 0.383 e. The second-order valence-corrected chi connectivity index (χ2v) is 5.72. The quantitative estimate of drug-likeness (QED) is 0.578. The summed E-state index contributed by atoms with van der Waals surface area (Å²) in [7, 11) is 0. The topological polar surface area (TPSA) is 107 Å². The zero-order valence-electron chi connectivity index (χ0n) is 12.6. The van der Waals surface area contributed by atoms with Gasteiger partial charge in [0.1, 0.15) is 11.2 Å². The Bertz CT molecular complexity index is 1110. The van der Waals surface area contributed by atoms with Crippen LogP contribution in [0.4, 0.5) is 5.82 Å². The molecule has 0 aliphatic carbocycles. The maximum Gasteiger partial charge on any atom is 0.263 e. The third-order valence-electron chi connectivity index (χ3n) is 3.56. The van der Waals surface area contributed by atoms with Crippen molar-refractivity contribution in [3.8, 4) is 11.6 Å². The van der Waals surface area contributed by atoms with E-state index in [1.807, 2.05) is 6.92 Å². The molecule has 8 nitrogen and oxygen atoms in total. The fourth-order valence-electron chi connectivity index (χ4n) is 2.47. The Kier molecular flexibility index (Phi) is 3.14. The highest BCUT2D eigenvalue weighted by molar-refractivity contribution is 6.30. The molecule has 0 aliphatic heterocycles. The summed E-state index contributed by atoms with van der Waals surface area (Å²) in [5.74, 6) is 0.612. The number of halogens is 1. The molecule has 0 atom stereocenters. The Morgan fingerprint density at radius 2 is 1.96 bits per heavy atom. The molecular weight excluding hydrogens is 330 g/mol. The summed E-state index contributed by atoms with van der Waals surface area (Å²) in [4.78, 5) is 19.5. The highest BCUT2D eigenvalue weighted by Crippen LogP contribution is 2.18. The number of nitrogens with zero attached hydrogens (tertiary/aromatic N) is 5. The standard InChI is InChI=1S/C15H12ClN7O/c1-8-6-12(17)23(21-8)15-19-13-11(14(24)20-15)7-18-22(13)10-4-2-9(16)3-5-10/h2-7H,17H2,1H3,(H,19,20,24). The molecule has 24 heavy (non-hydrogen) atoms. The van der Waals surface area contributed by atoms with E-state index in [0.717, 1.165) is 11.4 Å². The van der Waals surface area contributed by atoms with Crippen LogP contribution in [0.2, 0.25) is 5.02 Å². The smallest absolute Gasteiger partial charge is 0.263 e. The number of rotatable bonds is 2. The minimum absolute atomic E-state index is 0.230. The number of benzene rings is 1. The highest BCUT2D eigenvalue weighted by Gasteiger charge is 2.14. The SMILES string of the molecule is Cc1cc(N)n(-c2nc3c(cnn3-c3ccc(Cl)cc3)c(=O)[nH]2)n1. The van der Waals surface area contributed by atoms with Crippen LogP contribution in [0.5, 0.6) is 0 Å². The molecule has 4 aromatic rings. The van der Waals surface area contributed by atoms with E-state index >= 15 is 0 Å². The number of fused-ring (bicyclic) bond motifs is 1. The highest BCUT2D eigenvalue weighted by atomic mass is 35.5. The Morgan fingerprint density at radius 3 is 2.62 bits per heavy atom. The zero-order valence-corrected chi connectivity index (χ0v) is 13.3. The van der Waals surface area contributed by atoms with Gasteiger partial charge in [0, 0.05) is 11.1 Å². The Hall–Kier alpha value is -3.13. The maximum atomic E-state index is 12.3. The molecule has 0 unspecified atom stereocenters. The summed E-state index contributed by atoms with van der Waals surface area (Å²) in [5, 5.41) is 9.47. The van der Waals surface area contributed by atoms with Gasteiger partial charge in [-0.1, -0.05) is 11.6 Å². The molecule has 0 radical (unpaired) electrons. The van der Waals surface area contributed by atoms with Gasteiger partial charge in [0.25, 0.3) is 5.56 Å². The van der Waals surface area contributed by atoms with E-state index in [1.54, 1.807) is 35.0 Å². The number of nitrogen functional groups attached to an aromatic ring is 1. The van der Waals surface area contributed by atoms with Gasteiger partial charge in [-0.2, -0.15) is 19.9 Å². The van der Waals surface area contributed by atoms with Crippen LogP contribution in [0.25, 0.3) is 22.7 Å². The van der Waals surface area contributed by atoms with Crippen LogP contribution >= 0.6 is 11.6 Å². The minimum atomic E-state index is -0.317. The second kappa shape index (κ2) is 5.20. The lowest BCUT2D eigenvalue weighted by atomic mass is 10.3. The fraction of sp³-hybridized carbons (Fsp3) is 0.0667. The molecule has 0 aliphatic rings. The Balaban J connectivity index is 1.96. The number of nitrogens with two attached hydrogens (primary N) is 1. The molecule has 9 heteroatoms. The van der Waals surface area contributed by atoms with E-state index in [4.69, 9.17) is 17.3 Å². The molecule has 3 N–H and O–H groups in total. The van der Waals surface area contributed by atoms with E-state index in [0.29, 0.717) is 21.9 Å². The van der Waals surface area contributed by atoms with E-state index < -0.39 is 0 Å². The maximum absolute atomic E-state index is 12.3. The molecule has 4 rings (SSSR count). The number of hydrogen-bond donors (Lipinski definition) is 2. The van der Waals surface area contributed by atoms with Crippen molar-refractivity contribution in [2.45, 2.75) is 6.92 Å². The fourth-order valence-corrected chi connectivity index (χ4v) is 2.59. The van der Waals surface area contributed by atoms with Crippen LogP contribution in [-0.4, -0.2) is 29.5 Å². The second-order valence-electron chi connectivity index (χ2n) is 5.28. The van der Waals surface area contributed by atoms with Crippen LogP contribution in [0, 0.1) is 6.92 Å². The van der Waals surface area contributed by atoms with Gasteiger partial charge in [-0.05, 0) is 31.2 Å². The summed E-state index contributed by atoms with van der Waals surface area (Å²) in [6.45, 7) is 1.81. The monoisotopic (exact) mass is 341 g/mol. The molecule has 120 valence electrons. The van der Waals surface area contributed by atoms with Crippen LogP contribution in [0.1, 0.15) is 5.69 Å². The van der Waals surface area contributed by atoms with Gasteiger partial charge < -0.3 is 5.73 Å². The zero-order chi connectivity index (χ0) is 16.8. The van der Waals surface area contributed by atoms with E-state index in [2.05, 4.69) is 20.2 Å². The summed E-state index contributed by atoms with van der Waals surface area (Å²) < 4.78 is 2.95. The number of H-pyrrole nitrogens is 1. The van der Waals surface area contributed by atoms with Crippen LogP contribution < -0.4 is 11.3 Å². The number of hydrogen-bond acceptors (Lipinski definition) is 5. The van der Waals surface area contributed by atoms with Crippen molar-refractivity contribution in [2.24, 2.45) is 0 Å². The van der Waals surface area contributed by atoms with Gasteiger partial charge in [0.15, 0.2) is 5.65 Å². The molecule has 3 aromatic heterocycles. The number of aromatic nitrogens is 6. The lowest BCUT2D eigenvalue weighted by Gasteiger charge is -2.05. The van der Waals surface area contributed by atoms with E-state index in [9.17, 15) is 4.79 Å². The summed E-state index contributed by atoms with van der Waals surface area (Å²) in [6.07, 6.45) is 1.47. The van der Waals surface area contributed by atoms with Crippen molar-refractivity contribution in [3.63, 3.8) is 0 Å². The lowest BCUT2D eigenvalue weighted by molar-refractivity contribution is 0.799. The van der Waals surface area contributed by atoms with Crippen molar-refractivity contribution in [3.05, 3.63) is 57.6 Å².